The van der Waals surface area contributed by atoms with Gasteiger partial charge in [0.15, 0.2) is 0 Å². The maximum atomic E-state index is 12.7. The van der Waals surface area contributed by atoms with Gasteiger partial charge < -0.3 is 4.74 Å². The summed E-state index contributed by atoms with van der Waals surface area (Å²) in [5, 5.41) is 0. The zero-order chi connectivity index (χ0) is 13.0. The number of allylic oxidation sites excluding steroid dienone is 2. The summed E-state index contributed by atoms with van der Waals surface area (Å²) in [5.41, 5.74) is 2.42. The van der Waals surface area contributed by atoms with Gasteiger partial charge in [-0.25, -0.2) is 0 Å². The van der Waals surface area contributed by atoms with Crippen molar-refractivity contribution in [2.24, 2.45) is 17.3 Å². The van der Waals surface area contributed by atoms with Crippen LogP contribution in [0.1, 0.15) is 24.0 Å². The number of benzene rings is 1. The van der Waals surface area contributed by atoms with E-state index in [9.17, 15) is 4.79 Å². The molecule has 2 bridgehead atoms. The monoisotopic (exact) mass is 254 g/mol. The second-order valence-electron chi connectivity index (χ2n) is 6.26. The lowest BCUT2D eigenvalue weighted by Crippen LogP contribution is -2.41. The molecule has 1 spiro atoms. The number of methoxy groups -OCH3 is 1. The van der Waals surface area contributed by atoms with E-state index in [1.165, 1.54) is 17.5 Å². The van der Waals surface area contributed by atoms with E-state index in [2.05, 4.69) is 24.3 Å². The molecule has 3 unspecified atom stereocenters. The van der Waals surface area contributed by atoms with Crippen molar-refractivity contribution in [3.05, 3.63) is 41.5 Å². The zero-order valence-electron chi connectivity index (χ0n) is 11.2. The van der Waals surface area contributed by atoms with E-state index < -0.39 is 0 Å². The fourth-order valence-corrected chi connectivity index (χ4v) is 4.33. The first kappa shape index (κ1) is 11.3. The molecule has 1 fully saturated rings. The number of hydrogen-bond acceptors (Lipinski definition) is 2. The van der Waals surface area contributed by atoms with Gasteiger partial charge in [0, 0.05) is 11.8 Å². The van der Waals surface area contributed by atoms with Gasteiger partial charge in [-0.05, 0) is 54.4 Å². The Morgan fingerprint density at radius 2 is 2.16 bits per heavy atom. The van der Waals surface area contributed by atoms with E-state index in [1.807, 2.05) is 6.07 Å². The number of Topliss-reactive ketones (excluding diaryl/α,β-unsaturated/α-hetero) is 1. The number of ketones is 1. The molecule has 3 aliphatic carbocycles. The first-order chi connectivity index (χ1) is 9.21. The van der Waals surface area contributed by atoms with Crippen molar-refractivity contribution < 1.29 is 9.53 Å². The fraction of sp³-hybridized carbons (Fsp3) is 0.471. The smallest absolute Gasteiger partial charge is 0.144 e. The van der Waals surface area contributed by atoms with E-state index in [1.54, 1.807) is 7.11 Å². The minimum Gasteiger partial charge on any atom is -0.497 e. The second-order valence-corrected chi connectivity index (χ2v) is 6.26. The van der Waals surface area contributed by atoms with Crippen LogP contribution in [0.15, 0.2) is 30.4 Å². The van der Waals surface area contributed by atoms with Crippen LogP contribution in [-0.2, 0) is 17.6 Å². The van der Waals surface area contributed by atoms with E-state index in [0.717, 1.165) is 18.6 Å². The highest BCUT2D eigenvalue weighted by atomic mass is 16.5. The predicted molar refractivity (Wildman–Crippen MR) is 73.2 cm³/mol. The van der Waals surface area contributed by atoms with Crippen molar-refractivity contribution in [2.45, 2.75) is 25.7 Å². The molecule has 2 nitrogen and oxygen atoms in total. The number of carbonyl (C=O) groups excluding carboxylic acids is 1. The molecule has 0 aliphatic heterocycles. The third-order valence-corrected chi connectivity index (χ3v) is 5.33. The standard InChI is InChI=1S/C17H18O2/c1-19-15-5-3-12-8-16(18)17(10-13(12)7-15)9-11-2-4-14(17)6-11/h2-5,7,11,14H,6,8-10H2,1H3. The van der Waals surface area contributed by atoms with Crippen LogP contribution in [0.3, 0.4) is 0 Å². The molecule has 0 radical (unpaired) electrons. The molecule has 1 saturated carbocycles. The summed E-state index contributed by atoms with van der Waals surface area (Å²) in [6.45, 7) is 0. The highest BCUT2D eigenvalue weighted by molar-refractivity contribution is 5.90. The summed E-state index contributed by atoms with van der Waals surface area (Å²) in [7, 11) is 1.70. The van der Waals surface area contributed by atoms with Crippen LogP contribution in [-0.4, -0.2) is 12.9 Å². The lowest BCUT2D eigenvalue weighted by Gasteiger charge is -2.38. The molecule has 1 aromatic rings. The van der Waals surface area contributed by atoms with Crippen molar-refractivity contribution >= 4 is 5.78 Å². The Kier molecular flexibility index (Phi) is 2.21. The topological polar surface area (TPSA) is 26.3 Å². The van der Waals surface area contributed by atoms with Gasteiger partial charge in [-0.1, -0.05) is 18.2 Å². The van der Waals surface area contributed by atoms with Crippen LogP contribution in [0.2, 0.25) is 0 Å². The lowest BCUT2D eigenvalue weighted by molar-refractivity contribution is -0.130. The van der Waals surface area contributed by atoms with Gasteiger partial charge >= 0.3 is 0 Å². The van der Waals surface area contributed by atoms with Crippen LogP contribution in [0.5, 0.6) is 5.75 Å². The number of hydrogen-bond donors (Lipinski definition) is 0. The minimum atomic E-state index is -0.0984. The lowest BCUT2D eigenvalue weighted by atomic mass is 9.63. The van der Waals surface area contributed by atoms with Crippen molar-refractivity contribution in [1.82, 2.24) is 0 Å². The van der Waals surface area contributed by atoms with Crippen LogP contribution < -0.4 is 4.74 Å². The highest BCUT2D eigenvalue weighted by Crippen LogP contribution is 2.56. The average Bonchev–Trinajstić information content (AvgIpc) is 3.01. The van der Waals surface area contributed by atoms with Crippen LogP contribution in [0, 0.1) is 17.3 Å². The zero-order valence-corrected chi connectivity index (χ0v) is 11.2. The third kappa shape index (κ3) is 1.46. The average molecular weight is 254 g/mol. The summed E-state index contributed by atoms with van der Waals surface area (Å²) in [4.78, 5) is 12.7. The molecule has 0 heterocycles. The molecular formula is C17H18O2. The van der Waals surface area contributed by atoms with Crippen molar-refractivity contribution in [1.29, 1.82) is 0 Å². The van der Waals surface area contributed by atoms with Gasteiger partial charge in [-0.2, -0.15) is 0 Å². The van der Waals surface area contributed by atoms with Gasteiger partial charge in [0.2, 0.25) is 0 Å². The fourth-order valence-electron chi connectivity index (χ4n) is 4.33. The van der Waals surface area contributed by atoms with Gasteiger partial charge in [-0.15, -0.1) is 0 Å². The molecule has 0 saturated heterocycles. The van der Waals surface area contributed by atoms with Gasteiger partial charge in [0.25, 0.3) is 0 Å². The molecule has 4 rings (SSSR count). The van der Waals surface area contributed by atoms with Crippen LogP contribution in [0.4, 0.5) is 0 Å². The Morgan fingerprint density at radius 1 is 1.26 bits per heavy atom. The Balaban J connectivity index is 1.77. The minimum absolute atomic E-state index is 0.0984. The first-order valence-electron chi connectivity index (χ1n) is 7.09. The molecule has 98 valence electrons. The summed E-state index contributed by atoms with van der Waals surface area (Å²) < 4.78 is 5.32. The quantitative estimate of drug-likeness (QED) is 0.720. The first-order valence-corrected chi connectivity index (χ1v) is 7.09. The Labute approximate surface area is 113 Å². The van der Waals surface area contributed by atoms with Crippen LogP contribution >= 0.6 is 0 Å². The normalized spacial score (nSPS) is 34.9. The second kappa shape index (κ2) is 3.72. The molecule has 3 atom stereocenters. The summed E-state index contributed by atoms with van der Waals surface area (Å²) in [6, 6.07) is 6.14. The Hall–Kier alpha value is -1.57. The van der Waals surface area contributed by atoms with Gasteiger partial charge in [-0.3, -0.25) is 4.79 Å². The molecule has 0 amide bonds. The summed E-state index contributed by atoms with van der Waals surface area (Å²) >= 11 is 0. The SMILES string of the molecule is COc1ccc2c(c1)CC1(CC3C=CC1C3)C(=O)C2. The Morgan fingerprint density at radius 3 is 2.84 bits per heavy atom. The molecular weight excluding hydrogens is 236 g/mol. The molecule has 2 heteroatoms. The molecule has 3 aliphatic rings. The number of fused-ring (bicyclic) bond motifs is 4. The molecule has 0 aromatic heterocycles. The number of carbonyl (C=O) groups is 1. The molecule has 19 heavy (non-hydrogen) atoms. The van der Waals surface area contributed by atoms with Crippen molar-refractivity contribution in [3.63, 3.8) is 0 Å². The summed E-state index contributed by atoms with van der Waals surface area (Å²) in [6.07, 6.45) is 8.36. The molecule has 0 N–H and O–H groups in total. The molecule has 1 aromatic carbocycles. The summed E-state index contributed by atoms with van der Waals surface area (Å²) in [5.74, 6) is 2.48. The van der Waals surface area contributed by atoms with E-state index in [4.69, 9.17) is 4.74 Å². The van der Waals surface area contributed by atoms with Crippen molar-refractivity contribution in [3.8, 4) is 5.75 Å². The number of rotatable bonds is 1. The maximum absolute atomic E-state index is 12.7. The van der Waals surface area contributed by atoms with Crippen molar-refractivity contribution in [2.75, 3.05) is 7.11 Å². The van der Waals surface area contributed by atoms with E-state index in [-0.39, 0.29) is 5.41 Å². The highest BCUT2D eigenvalue weighted by Gasteiger charge is 2.54. The number of ether oxygens (including phenoxy) is 1. The maximum Gasteiger partial charge on any atom is 0.144 e. The predicted octanol–water partition coefficient (Wildman–Crippen LogP) is 2.95. The largest absolute Gasteiger partial charge is 0.497 e. The van der Waals surface area contributed by atoms with Gasteiger partial charge in [0.1, 0.15) is 11.5 Å². The van der Waals surface area contributed by atoms with E-state index in [0.29, 0.717) is 24.0 Å². The Bertz CT molecular complexity index is 587. The third-order valence-electron chi connectivity index (χ3n) is 5.33. The van der Waals surface area contributed by atoms with Crippen LogP contribution in [0.25, 0.3) is 0 Å². The van der Waals surface area contributed by atoms with Gasteiger partial charge in [0.05, 0.1) is 7.11 Å². The van der Waals surface area contributed by atoms with E-state index >= 15 is 0 Å².